The van der Waals surface area contributed by atoms with Crippen molar-refractivity contribution in [1.29, 1.82) is 0 Å². The van der Waals surface area contributed by atoms with E-state index in [1.54, 1.807) is 0 Å². The fourth-order valence-corrected chi connectivity index (χ4v) is 5.65. The van der Waals surface area contributed by atoms with Crippen molar-refractivity contribution in [3.63, 3.8) is 0 Å². The second-order valence-electron chi connectivity index (χ2n) is 8.86. The highest BCUT2D eigenvalue weighted by atomic mass is 16.6. The number of carbonyl (C=O) groups excluding carboxylic acids is 1. The maximum Gasteiger partial charge on any atom is 0.336 e. The zero-order valence-corrected chi connectivity index (χ0v) is 15.7. The molecule has 0 bridgehead atoms. The molecule has 0 aromatic rings. The van der Waals surface area contributed by atoms with Crippen LogP contribution in [0.15, 0.2) is 23.8 Å². The summed E-state index contributed by atoms with van der Waals surface area (Å²) in [5, 5.41) is 0. The summed E-state index contributed by atoms with van der Waals surface area (Å²) in [4.78, 5) is 12.0. The molecule has 4 atom stereocenters. The SMILES string of the molecule is C=C1CC[C@H]2C(C)(C)CCC[C@]2(C)[C@H]1C/C=C(/C(=O)OC)[C@@H]1CO1. The molecule has 2 saturated carbocycles. The van der Waals surface area contributed by atoms with E-state index in [-0.39, 0.29) is 12.1 Å². The van der Waals surface area contributed by atoms with E-state index >= 15 is 0 Å². The lowest BCUT2D eigenvalue weighted by Gasteiger charge is -2.58. The number of ether oxygens (including phenoxy) is 2. The van der Waals surface area contributed by atoms with E-state index in [1.807, 2.05) is 0 Å². The van der Waals surface area contributed by atoms with E-state index in [9.17, 15) is 4.79 Å². The molecule has 3 heteroatoms. The third kappa shape index (κ3) is 3.08. The molecule has 1 saturated heterocycles. The minimum atomic E-state index is -0.246. The van der Waals surface area contributed by atoms with Crippen LogP contribution in [-0.2, 0) is 14.3 Å². The van der Waals surface area contributed by atoms with Crippen molar-refractivity contribution in [2.45, 2.75) is 65.4 Å². The number of allylic oxidation sites excluding steroid dienone is 2. The van der Waals surface area contributed by atoms with Crippen LogP contribution in [0.1, 0.15) is 59.3 Å². The number of esters is 1. The van der Waals surface area contributed by atoms with Crippen molar-refractivity contribution in [1.82, 2.24) is 0 Å². The van der Waals surface area contributed by atoms with Crippen LogP contribution in [0.25, 0.3) is 0 Å². The first kappa shape index (κ1) is 17.7. The molecule has 0 aromatic heterocycles. The summed E-state index contributed by atoms with van der Waals surface area (Å²) >= 11 is 0. The summed E-state index contributed by atoms with van der Waals surface area (Å²) < 4.78 is 10.3. The summed E-state index contributed by atoms with van der Waals surface area (Å²) in [6.45, 7) is 12.4. The monoisotopic (exact) mass is 332 g/mol. The second kappa shape index (κ2) is 6.33. The molecule has 3 nitrogen and oxygen atoms in total. The minimum Gasteiger partial charge on any atom is -0.466 e. The Hall–Kier alpha value is -1.09. The number of methoxy groups -OCH3 is 1. The van der Waals surface area contributed by atoms with Crippen LogP contribution >= 0.6 is 0 Å². The van der Waals surface area contributed by atoms with Gasteiger partial charge >= 0.3 is 5.97 Å². The van der Waals surface area contributed by atoms with Crippen molar-refractivity contribution in [3.8, 4) is 0 Å². The number of carbonyl (C=O) groups is 1. The second-order valence-corrected chi connectivity index (χ2v) is 8.86. The Morgan fingerprint density at radius 1 is 1.38 bits per heavy atom. The van der Waals surface area contributed by atoms with Crippen LogP contribution in [0.4, 0.5) is 0 Å². The Balaban J connectivity index is 1.84. The number of fused-ring (bicyclic) bond motifs is 1. The standard InChI is InChI=1S/C21H32O3/c1-14-7-10-18-20(2,3)11-6-12-21(18,4)16(14)9-8-15(17-13-24-17)19(22)23-5/h8,16-18H,1,6-7,9-13H2,2-5H3/b15-8+/t16-,17-,18-,21+/m0/s1. The van der Waals surface area contributed by atoms with Gasteiger partial charge in [-0.1, -0.05) is 45.4 Å². The summed E-state index contributed by atoms with van der Waals surface area (Å²) in [5.41, 5.74) is 2.76. The highest BCUT2D eigenvalue weighted by Crippen LogP contribution is 2.61. The van der Waals surface area contributed by atoms with Gasteiger partial charge in [-0.3, -0.25) is 0 Å². The van der Waals surface area contributed by atoms with Crippen LogP contribution in [0.5, 0.6) is 0 Å². The maximum atomic E-state index is 12.0. The average Bonchev–Trinajstić information content (AvgIpc) is 3.33. The van der Waals surface area contributed by atoms with Crippen LogP contribution in [0.2, 0.25) is 0 Å². The molecule has 1 aliphatic heterocycles. The van der Waals surface area contributed by atoms with Crippen LogP contribution in [0.3, 0.4) is 0 Å². The highest BCUT2D eigenvalue weighted by Gasteiger charge is 2.52. The van der Waals surface area contributed by atoms with Crippen molar-refractivity contribution in [2.24, 2.45) is 22.7 Å². The molecule has 0 radical (unpaired) electrons. The van der Waals surface area contributed by atoms with Gasteiger partial charge in [-0.25, -0.2) is 4.79 Å². The van der Waals surface area contributed by atoms with E-state index in [0.717, 1.165) is 18.8 Å². The van der Waals surface area contributed by atoms with Gasteiger partial charge in [-0.2, -0.15) is 0 Å². The highest BCUT2D eigenvalue weighted by molar-refractivity contribution is 5.90. The number of hydrogen-bond acceptors (Lipinski definition) is 3. The molecule has 2 aliphatic carbocycles. The van der Waals surface area contributed by atoms with Crippen LogP contribution in [-0.4, -0.2) is 25.8 Å². The van der Waals surface area contributed by atoms with Gasteiger partial charge in [0.2, 0.25) is 0 Å². The van der Waals surface area contributed by atoms with Gasteiger partial charge in [0.15, 0.2) is 0 Å². The molecule has 0 N–H and O–H groups in total. The van der Waals surface area contributed by atoms with Crippen molar-refractivity contribution < 1.29 is 14.3 Å². The van der Waals surface area contributed by atoms with Gasteiger partial charge in [0.25, 0.3) is 0 Å². The Bertz CT molecular complexity index is 555. The topological polar surface area (TPSA) is 38.8 Å². The molecule has 134 valence electrons. The maximum absolute atomic E-state index is 12.0. The summed E-state index contributed by atoms with van der Waals surface area (Å²) in [5.74, 6) is 0.945. The first-order valence-corrected chi connectivity index (χ1v) is 9.37. The zero-order chi connectivity index (χ0) is 17.5. The lowest BCUT2D eigenvalue weighted by molar-refractivity contribution is -0.136. The zero-order valence-electron chi connectivity index (χ0n) is 15.7. The predicted octanol–water partition coefficient (Wildman–Crippen LogP) is 4.67. The lowest BCUT2D eigenvalue weighted by Crippen LogP contribution is -2.49. The minimum absolute atomic E-state index is 0.0549. The summed E-state index contributed by atoms with van der Waals surface area (Å²) in [6, 6.07) is 0. The Morgan fingerprint density at radius 3 is 2.71 bits per heavy atom. The average molecular weight is 332 g/mol. The molecule has 3 rings (SSSR count). The third-order valence-corrected chi connectivity index (χ3v) is 6.99. The first-order valence-electron chi connectivity index (χ1n) is 9.37. The van der Waals surface area contributed by atoms with E-state index in [2.05, 4.69) is 33.4 Å². The van der Waals surface area contributed by atoms with Crippen molar-refractivity contribution in [2.75, 3.05) is 13.7 Å². The molecule has 3 aliphatic rings. The van der Waals surface area contributed by atoms with E-state index in [0.29, 0.717) is 28.9 Å². The smallest absolute Gasteiger partial charge is 0.336 e. The van der Waals surface area contributed by atoms with Gasteiger partial charge in [0.05, 0.1) is 19.3 Å². The molecule has 24 heavy (non-hydrogen) atoms. The first-order chi connectivity index (χ1) is 11.3. The Morgan fingerprint density at radius 2 is 2.08 bits per heavy atom. The van der Waals surface area contributed by atoms with Crippen LogP contribution in [0, 0.1) is 22.7 Å². The molecule has 1 heterocycles. The van der Waals surface area contributed by atoms with Gasteiger partial charge in [-0.05, 0) is 54.8 Å². The molecule has 0 amide bonds. The molecule has 0 unspecified atom stereocenters. The van der Waals surface area contributed by atoms with E-state index in [1.165, 1.54) is 38.4 Å². The Kier molecular flexibility index (Phi) is 4.67. The fraction of sp³-hybridized carbons (Fsp3) is 0.762. The Labute approximate surface area is 146 Å². The van der Waals surface area contributed by atoms with E-state index in [4.69, 9.17) is 9.47 Å². The number of hydrogen-bond donors (Lipinski definition) is 0. The van der Waals surface area contributed by atoms with Crippen LogP contribution < -0.4 is 0 Å². The van der Waals surface area contributed by atoms with Crippen molar-refractivity contribution in [3.05, 3.63) is 23.8 Å². The van der Waals surface area contributed by atoms with Gasteiger partial charge in [0.1, 0.15) is 6.10 Å². The molecular weight excluding hydrogens is 300 g/mol. The van der Waals surface area contributed by atoms with Gasteiger partial charge in [-0.15, -0.1) is 0 Å². The molecule has 3 fully saturated rings. The van der Waals surface area contributed by atoms with E-state index < -0.39 is 0 Å². The lowest BCUT2D eigenvalue weighted by atomic mass is 9.47. The third-order valence-electron chi connectivity index (χ3n) is 6.99. The molecule has 0 spiro atoms. The normalized spacial score (nSPS) is 38.4. The fourth-order valence-electron chi connectivity index (χ4n) is 5.65. The number of rotatable bonds is 4. The summed E-state index contributed by atoms with van der Waals surface area (Å²) in [6.07, 6.45) is 9.18. The summed E-state index contributed by atoms with van der Waals surface area (Å²) in [7, 11) is 1.44. The largest absolute Gasteiger partial charge is 0.466 e. The van der Waals surface area contributed by atoms with Crippen molar-refractivity contribution >= 4 is 5.97 Å². The molecular formula is C21H32O3. The predicted molar refractivity (Wildman–Crippen MR) is 95.5 cm³/mol. The quantitative estimate of drug-likeness (QED) is 0.325. The molecule has 0 aromatic carbocycles. The number of epoxide rings is 1. The van der Waals surface area contributed by atoms with Gasteiger partial charge in [0, 0.05) is 0 Å². The van der Waals surface area contributed by atoms with Gasteiger partial charge < -0.3 is 9.47 Å².